The lowest BCUT2D eigenvalue weighted by atomic mass is 9.95. The molecule has 38 heavy (non-hydrogen) atoms. The van der Waals surface area contributed by atoms with Crippen LogP contribution in [0.15, 0.2) is 52.8 Å². The maximum atomic E-state index is 12.4. The van der Waals surface area contributed by atoms with Crippen molar-refractivity contribution in [3.63, 3.8) is 0 Å². The number of aliphatic hydroxyl groups is 1. The predicted molar refractivity (Wildman–Crippen MR) is 139 cm³/mol. The minimum atomic E-state index is -1.14. The number of aliphatic hydroxyl groups excluding tert-OH is 1. The first kappa shape index (κ1) is 28.1. The molecule has 0 fully saturated rings. The molecule has 12 heteroatoms. The van der Waals surface area contributed by atoms with Crippen molar-refractivity contribution in [3.05, 3.63) is 58.8 Å². The van der Waals surface area contributed by atoms with Gasteiger partial charge in [0.2, 0.25) is 0 Å². The molecule has 2 atom stereocenters. The maximum absolute atomic E-state index is 12.4. The number of hydrogen-bond acceptors (Lipinski definition) is 10. The first-order chi connectivity index (χ1) is 18.3. The lowest BCUT2D eigenvalue weighted by molar-refractivity contribution is -0.136. The quantitative estimate of drug-likeness (QED) is 0.141. The Morgan fingerprint density at radius 3 is 2.55 bits per heavy atom. The molecule has 0 saturated heterocycles. The van der Waals surface area contributed by atoms with Gasteiger partial charge >= 0.3 is 12.0 Å². The van der Waals surface area contributed by atoms with Crippen molar-refractivity contribution in [3.8, 4) is 23.0 Å². The molecule has 2 aromatic rings. The van der Waals surface area contributed by atoms with Gasteiger partial charge in [0, 0.05) is 11.3 Å². The van der Waals surface area contributed by atoms with Crippen LogP contribution in [-0.2, 0) is 9.53 Å². The van der Waals surface area contributed by atoms with Gasteiger partial charge in [0.1, 0.15) is 18.1 Å². The summed E-state index contributed by atoms with van der Waals surface area (Å²) in [5.41, 5.74) is 4.50. The van der Waals surface area contributed by atoms with E-state index in [2.05, 4.69) is 21.2 Å². The zero-order valence-corrected chi connectivity index (χ0v) is 21.9. The molecular formula is C26H32N4O8. The third-order valence-corrected chi connectivity index (χ3v) is 5.54. The van der Waals surface area contributed by atoms with Crippen LogP contribution in [0.1, 0.15) is 31.0 Å². The van der Waals surface area contributed by atoms with Crippen LogP contribution < -0.4 is 35.0 Å². The first-order valence-electron chi connectivity index (χ1n) is 11.8. The number of urea groups is 1. The summed E-state index contributed by atoms with van der Waals surface area (Å²) in [7, 11) is 4.38. The lowest BCUT2D eigenvalue weighted by Crippen LogP contribution is -2.45. The molecule has 0 aliphatic carbocycles. The number of ether oxygens (including phenoxy) is 5. The van der Waals surface area contributed by atoms with Crippen molar-refractivity contribution in [1.29, 1.82) is 0 Å². The molecule has 1 aliphatic heterocycles. The number of carbonyl (C=O) groups excluding carboxylic acids is 2. The Balaban J connectivity index is 1.71. The van der Waals surface area contributed by atoms with Crippen molar-refractivity contribution < 1.29 is 38.4 Å². The Bertz CT molecular complexity index is 1210. The number of nitrogens with one attached hydrogen (secondary N) is 3. The van der Waals surface area contributed by atoms with Crippen LogP contribution in [0.4, 0.5) is 4.79 Å². The maximum Gasteiger partial charge on any atom is 0.337 e. The Hall–Kier alpha value is -4.45. The number of benzene rings is 2. The van der Waals surface area contributed by atoms with Crippen LogP contribution in [0.3, 0.4) is 0 Å². The molecule has 4 N–H and O–H groups in total. The number of amides is 2. The number of hydrogen-bond donors (Lipinski definition) is 4. The third kappa shape index (κ3) is 6.85. The SMILES string of the molecule is CCOc1cc([C@@H]2NC(=O)NC(C)=C2C(=O)OC)ccc1OC[C@@H](O)N/N=C/c1cc(OC)ccc1OC. The predicted octanol–water partition coefficient (Wildman–Crippen LogP) is 2.22. The van der Waals surface area contributed by atoms with Crippen LogP contribution in [0, 0.1) is 0 Å². The molecule has 204 valence electrons. The molecule has 2 aromatic carbocycles. The number of esters is 1. The van der Waals surface area contributed by atoms with Gasteiger partial charge < -0.3 is 39.4 Å². The minimum absolute atomic E-state index is 0.150. The highest BCUT2D eigenvalue weighted by atomic mass is 16.5. The van der Waals surface area contributed by atoms with Crippen molar-refractivity contribution in [1.82, 2.24) is 16.1 Å². The smallest absolute Gasteiger partial charge is 0.337 e. The number of hydrazone groups is 1. The Labute approximate surface area is 220 Å². The van der Waals surface area contributed by atoms with Gasteiger partial charge in [-0.1, -0.05) is 6.07 Å². The largest absolute Gasteiger partial charge is 0.497 e. The summed E-state index contributed by atoms with van der Waals surface area (Å²) < 4.78 is 26.9. The molecule has 0 saturated carbocycles. The van der Waals surface area contributed by atoms with E-state index >= 15 is 0 Å². The van der Waals surface area contributed by atoms with E-state index in [1.165, 1.54) is 13.3 Å². The van der Waals surface area contributed by atoms with E-state index in [1.54, 1.807) is 57.5 Å². The highest BCUT2D eigenvalue weighted by Crippen LogP contribution is 2.35. The molecule has 0 unspecified atom stereocenters. The molecule has 0 spiro atoms. The van der Waals surface area contributed by atoms with Gasteiger partial charge in [-0.25, -0.2) is 9.59 Å². The molecule has 0 aromatic heterocycles. The van der Waals surface area contributed by atoms with Crippen molar-refractivity contribution >= 4 is 18.2 Å². The average molecular weight is 529 g/mol. The summed E-state index contributed by atoms with van der Waals surface area (Å²) >= 11 is 0. The zero-order valence-electron chi connectivity index (χ0n) is 21.9. The Morgan fingerprint density at radius 2 is 1.87 bits per heavy atom. The lowest BCUT2D eigenvalue weighted by Gasteiger charge is -2.28. The fourth-order valence-corrected chi connectivity index (χ4v) is 3.76. The number of carbonyl (C=O) groups is 2. The molecule has 0 radical (unpaired) electrons. The van der Waals surface area contributed by atoms with E-state index in [0.29, 0.717) is 46.4 Å². The zero-order chi connectivity index (χ0) is 27.7. The first-order valence-corrected chi connectivity index (χ1v) is 11.8. The highest BCUT2D eigenvalue weighted by Gasteiger charge is 2.32. The molecule has 1 heterocycles. The van der Waals surface area contributed by atoms with E-state index in [0.717, 1.165) is 0 Å². The van der Waals surface area contributed by atoms with Gasteiger partial charge in [-0.05, 0) is 49.7 Å². The summed E-state index contributed by atoms with van der Waals surface area (Å²) in [6.07, 6.45) is 0.351. The van der Waals surface area contributed by atoms with Crippen LogP contribution in [0.25, 0.3) is 0 Å². The fraction of sp³-hybridized carbons (Fsp3) is 0.346. The number of rotatable bonds is 12. The van der Waals surface area contributed by atoms with E-state index in [1.807, 2.05) is 6.92 Å². The van der Waals surface area contributed by atoms with Gasteiger partial charge in [-0.2, -0.15) is 5.10 Å². The number of nitrogens with zero attached hydrogens (tertiary/aromatic N) is 1. The second-order valence-corrected chi connectivity index (χ2v) is 8.02. The molecular weight excluding hydrogens is 496 g/mol. The summed E-state index contributed by atoms with van der Waals surface area (Å²) in [4.78, 5) is 24.5. The molecule has 3 rings (SSSR count). The van der Waals surface area contributed by atoms with Crippen LogP contribution >= 0.6 is 0 Å². The highest BCUT2D eigenvalue weighted by molar-refractivity contribution is 5.95. The summed E-state index contributed by atoms with van der Waals surface area (Å²) in [6, 6.07) is 9.06. The normalized spacial score (nSPS) is 15.8. The van der Waals surface area contributed by atoms with E-state index in [9.17, 15) is 14.7 Å². The van der Waals surface area contributed by atoms with E-state index < -0.39 is 24.3 Å². The molecule has 0 bridgehead atoms. The minimum Gasteiger partial charge on any atom is -0.497 e. The monoisotopic (exact) mass is 528 g/mol. The number of methoxy groups -OCH3 is 3. The molecule has 2 amide bonds. The van der Waals surface area contributed by atoms with Crippen LogP contribution in [0.5, 0.6) is 23.0 Å². The molecule has 1 aliphatic rings. The van der Waals surface area contributed by atoms with E-state index in [-0.39, 0.29) is 12.2 Å². The fourth-order valence-electron chi connectivity index (χ4n) is 3.76. The summed E-state index contributed by atoms with van der Waals surface area (Å²) in [5.74, 6) is 1.39. The molecule has 12 nitrogen and oxygen atoms in total. The topological polar surface area (TPSA) is 149 Å². The van der Waals surface area contributed by atoms with Gasteiger partial charge in [0.05, 0.1) is 45.8 Å². The van der Waals surface area contributed by atoms with Gasteiger partial charge in [0.25, 0.3) is 0 Å². The summed E-state index contributed by atoms with van der Waals surface area (Å²) in [5, 5.41) is 19.7. The van der Waals surface area contributed by atoms with Crippen LogP contribution in [0.2, 0.25) is 0 Å². The number of allylic oxidation sites excluding steroid dienone is 1. The third-order valence-electron chi connectivity index (χ3n) is 5.54. The van der Waals surface area contributed by atoms with Gasteiger partial charge in [0.15, 0.2) is 17.7 Å². The Morgan fingerprint density at radius 1 is 1.11 bits per heavy atom. The standard InChI is InChI=1S/C26H32N4O8/c1-6-37-21-12-16(24-23(25(32)36-5)15(2)28-26(33)29-24)7-9-20(21)38-14-22(31)30-27-13-17-11-18(34-3)8-10-19(17)35-4/h7-13,22,24,30-31H,6,14H2,1-5H3,(H2,28,29,33)/b27-13+/t22-,24+/m1/s1. The average Bonchev–Trinajstić information content (AvgIpc) is 2.91. The van der Waals surface area contributed by atoms with Crippen molar-refractivity contribution in [2.24, 2.45) is 5.10 Å². The second-order valence-electron chi connectivity index (χ2n) is 8.02. The summed E-state index contributed by atoms with van der Waals surface area (Å²) in [6.45, 7) is 3.62. The van der Waals surface area contributed by atoms with Gasteiger partial charge in [-0.15, -0.1) is 0 Å². The second kappa shape index (κ2) is 13.2. The van der Waals surface area contributed by atoms with Crippen molar-refractivity contribution in [2.45, 2.75) is 26.1 Å². The van der Waals surface area contributed by atoms with Gasteiger partial charge in [-0.3, -0.25) is 5.43 Å². The van der Waals surface area contributed by atoms with E-state index in [4.69, 9.17) is 23.7 Å². The Kier molecular flexibility index (Phi) is 9.77. The van der Waals surface area contributed by atoms with Crippen molar-refractivity contribution in [2.75, 3.05) is 34.5 Å². The van der Waals surface area contributed by atoms with Crippen LogP contribution in [-0.4, -0.2) is 64.1 Å².